The molecule has 29 heavy (non-hydrogen) atoms. The van der Waals surface area contributed by atoms with E-state index in [2.05, 4.69) is 5.32 Å². The number of aliphatic hydroxyl groups excluding tert-OH is 1. The fourth-order valence-electron chi connectivity index (χ4n) is 3.25. The Balaban J connectivity index is 1.62. The Morgan fingerprint density at radius 1 is 1.07 bits per heavy atom. The Hall–Kier alpha value is -3.10. The highest BCUT2D eigenvalue weighted by molar-refractivity contribution is 6.01. The lowest BCUT2D eigenvalue weighted by Gasteiger charge is -2.19. The van der Waals surface area contributed by atoms with E-state index in [1.54, 1.807) is 12.1 Å². The largest absolute Gasteiger partial charge is 0.475 e. The van der Waals surface area contributed by atoms with Crippen LogP contribution in [0.4, 0.5) is 0 Å². The number of hydrogen-bond acceptors (Lipinski definition) is 6. The van der Waals surface area contributed by atoms with Gasteiger partial charge in [0.1, 0.15) is 0 Å². The summed E-state index contributed by atoms with van der Waals surface area (Å²) in [6.45, 7) is 4.27. The molecule has 0 spiro atoms. The fourth-order valence-corrected chi connectivity index (χ4v) is 3.25. The summed E-state index contributed by atoms with van der Waals surface area (Å²) in [4.78, 5) is 22.6. The van der Waals surface area contributed by atoms with Crippen molar-refractivity contribution in [3.63, 3.8) is 0 Å². The third kappa shape index (κ3) is 4.18. The zero-order chi connectivity index (χ0) is 21.2. The fraction of sp³-hybridized carbons (Fsp3) is 0.333. The van der Waals surface area contributed by atoms with Gasteiger partial charge in [0.15, 0.2) is 11.5 Å². The van der Waals surface area contributed by atoms with Crippen LogP contribution < -0.4 is 14.8 Å². The van der Waals surface area contributed by atoms with Gasteiger partial charge in [-0.2, -0.15) is 0 Å². The predicted octanol–water partition coefficient (Wildman–Crippen LogP) is 1.89. The maximum absolute atomic E-state index is 11.3. The topological polar surface area (TPSA) is 125 Å². The van der Waals surface area contributed by atoms with E-state index in [9.17, 15) is 24.9 Å². The van der Waals surface area contributed by atoms with Crippen molar-refractivity contribution in [2.24, 2.45) is 0 Å². The molecule has 1 heterocycles. The lowest BCUT2D eigenvalue weighted by molar-refractivity contribution is -0.194. The normalized spacial score (nSPS) is 16.2. The summed E-state index contributed by atoms with van der Waals surface area (Å²) >= 11 is 0. The van der Waals surface area contributed by atoms with Crippen molar-refractivity contribution in [1.82, 2.24) is 5.32 Å². The van der Waals surface area contributed by atoms with E-state index in [1.165, 1.54) is 6.07 Å². The monoisotopic (exact) mass is 401 g/mol. The summed E-state index contributed by atoms with van der Waals surface area (Å²) in [7, 11) is 0. The van der Waals surface area contributed by atoms with Gasteiger partial charge in [-0.15, -0.1) is 0 Å². The summed E-state index contributed by atoms with van der Waals surface area (Å²) in [6, 6.07) is 12.4. The molecule has 0 radical (unpaired) electrons. The number of benzene rings is 2. The van der Waals surface area contributed by atoms with Gasteiger partial charge in [-0.1, -0.05) is 30.3 Å². The highest BCUT2D eigenvalue weighted by Gasteiger charge is 2.57. The molecule has 8 nitrogen and oxygen atoms in total. The van der Waals surface area contributed by atoms with Gasteiger partial charge >= 0.3 is 17.7 Å². The summed E-state index contributed by atoms with van der Waals surface area (Å²) in [6.07, 6.45) is -0.0771. The first-order valence-corrected chi connectivity index (χ1v) is 9.17. The van der Waals surface area contributed by atoms with Gasteiger partial charge in [0.05, 0.1) is 6.10 Å². The summed E-state index contributed by atoms with van der Waals surface area (Å²) < 4.78 is 10.2. The maximum atomic E-state index is 11.3. The highest BCUT2D eigenvalue weighted by atomic mass is 16.8. The lowest BCUT2D eigenvalue weighted by atomic mass is 10.0. The van der Waals surface area contributed by atoms with Gasteiger partial charge in [-0.05, 0) is 49.1 Å². The molecule has 0 bridgehead atoms. The Kier molecular flexibility index (Phi) is 5.76. The van der Waals surface area contributed by atoms with E-state index in [0.717, 1.165) is 16.7 Å². The number of carbonyl (C=O) groups is 2. The second-order valence-electron chi connectivity index (χ2n) is 7.10. The van der Waals surface area contributed by atoms with Crippen LogP contribution in [0.2, 0.25) is 0 Å². The van der Waals surface area contributed by atoms with Crippen LogP contribution in [-0.2, 0) is 16.0 Å². The van der Waals surface area contributed by atoms with E-state index >= 15 is 0 Å². The average molecular weight is 401 g/mol. The Morgan fingerprint density at radius 3 is 2.38 bits per heavy atom. The Bertz CT molecular complexity index is 913. The highest BCUT2D eigenvalue weighted by Crippen LogP contribution is 2.40. The first-order valence-electron chi connectivity index (χ1n) is 9.17. The summed E-state index contributed by atoms with van der Waals surface area (Å²) in [5, 5.41) is 32.0. The predicted molar refractivity (Wildman–Crippen MR) is 103 cm³/mol. The number of carboxylic acids is 2. The minimum atomic E-state index is -2.76. The number of rotatable bonds is 8. The van der Waals surface area contributed by atoms with Crippen LogP contribution in [0.15, 0.2) is 42.5 Å². The standard InChI is InChI=1S/C21H23NO7/c1-12-5-3-4-6-15(12)16(23)11-22-13(2)9-14-7-8-17-18(10-14)29-21(28-17,19(24)25)20(26)27/h3-8,10,13,16,22-23H,9,11H2,1-2H3,(H,24,25)(H,26,27). The molecule has 1 aliphatic heterocycles. The number of ether oxygens (including phenoxy) is 2. The first kappa shape index (κ1) is 20.6. The van der Waals surface area contributed by atoms with Crippen LogP contribution in [0, 0.1) is 6.92 Å². The molecule has 1 aliphatic rings. The summed E-state index contributed by atoms with van der Waals surface area (Å²) in [5.74, 6) is -6.10. The second-order valence-corrected chi connectivity index (χ2v) is 7.10. The number of aliphatic hydroxyl groups is 1. The smallest absolute Gasteiger partial charge is 0.453 e. The van der Waals surface area contributed by atoms with Crippen LogP contribution >= 0.6 is 0 Å². The van der Waals surface area contributed by atoms with E-state index in [-0.39, 0.29) is 17.5 Å². The molecule has 2 atom stereocenters. The molecule has 0 amide bonds. The molecular weight excluding hydrogens is 378 g/mol. The van der Waals surface area contributed by atoms with Gasteiger partial charge in [-0.3, -0.25) is 0 Å². The van der Waals surface area contributed by atoms with Crippen molar-refractivity contribution < 1.29 is 34.4 Å². The van der Waals surface area contributed by atoms with Crippen molar-refractivity contribution in [2.75, 3.05) is 6.54 Å². The molecule has 2 aromatic rings. The van der Waals surface area contributed by atoms with Crippen LogP contribution in [0.25, 0.3) is 0 Å². The molecule has 0 fully saturated rings. The van der Waals surface area contributed by atoms with Gasteiger partial charge < -0.3 is 30.1 Å². The molecule has 3 rings (SSSR count). The van der Waals surface area contributed by atoms with Crippen molar-refractivity contribution >= 4 is 11.9 Å². The van der Waals surface area contributed by atoms with E-state index in [4.69, 9.17) is 9.47 Å². The molecule has 4 N–H and O–H groups in total. The van der Waals surface area contributed by atoms with Crippen LogP contribution in [0.1, 0.15) is 29.7 Å². The van der Waals surface area contributed by atoms with Gasteiger partial charge in [0.2, 0.25) is 0 Å². The molecule has 0 saturated carbocycles. The van der Waals surface area contributed by atoms with E-state index in [1.807, 2.05) is 38.1 Å². The number of aryl methyl sites for hydroxylation is 1. The molecule has 2 unspecified atom stereocenters. The minimum absolute atomic E-state index is 0.00209. The second kappa shape index (κ2) is 8.10. The van der Waals surface area contributed by atoms with Gasteiger partial charge in [0.25, 0.3) is 0 Å². The summed E-state index contributed by atoms with van der Waals surface area (Å²) in [5.41, 5.74) is 2.70. The van der Waals surface area contributed by atoms with Crippen molar-refractivity contribution in [2.45, 2.75) is 38.2 Å². The molecule has 154 valence electrons. The average Bonchev–Trinajstić information content (AvgIpc) is 3.07. The SMILES string of the molecule is Cc1ccccc1C(O)CNC(C)Cc1ccc2c(c1)OC(C(=O)O)(C(=O)O)O2. The Labute approximate surface area is 167 Å². The van der Waals surface area contributed by atoms with Gasteiger partial charge in [0, 0.05) is 12.6 Å². The first-order chi connectivity index (χ1) is 13.7. The molecular formula is C21H23NO7. The number of fused-ring (bicyclic) bond motifs is 1. The molecule has 8 heteroatoms. The number of nitrogens with one attached hydrogen (secondary N) is 1. The number of carboxylic acid groups (broad SMARTS) is 2. The van der Waals surface area contributed by atoms with Crippen molar-refractivity contribution in [3.8, 4) is 11.5 Å². The quantitative estimate of drug-likeness (QED) is 0.494. The molecule has 0 aromatic heterocycles. The molecule has 0 saturated heterocycles. The van der Waals surface area contributed by atoms with Crippen LogP contribution in [0.5, 0.6) is 11.5 Å². The van der Waals surface area contributed by atoms with Crippen LogP contribution in [0.3, 0.4) is 0 Å². The zero-order valence-electron chi connectivity index (χ0n) is 16.1. The van der Waals surface area contributed by atoms with Crippen LogP contribution in [-0.4, -0.2) is 45.6 Å². The number of aliphatic carboxylic acids is 2. The van der Waals surface area contributed by atoms with E-state index < -0.39 is 23.8 Å². The number of hydrogen-bond donors (Lipinski definition) is 4. The third-order valence-electron chi connectivity index (χ3n) is 4.83. The Morgan fingerprint density at radius 2 is 1.72 bits per heavy atom. The minimum Gasteiger partial charge on any atom is -0.475 e. The molecule has 2 aromatic carbocycles. The van der Waals surface area contributed by atoms with Crippen molar-refractivity contribution in [3.05, 3.63) is 59.2 Å². The maximum Gasteiger partial charge on any atom is 0.453 e. The van der Waals surface area contributed by atoms with E-state index in [0.29, 0.717) is 13.0 Å². The zero-order valence-corrected chi connectivity index (χ0v) is 16.1. The lowest BCUT2D eigenvalue weighted by Crippen LogP contribution is -2.54. The van der Waals surface area contributed by atoms with Crippen molar-refractivity contribution in [1.29, 1.82) is 0 Å². The third-order valence-corrected chi connectivity index (χ3v) is 4.83. The van der Waals surface area contributed by atoms with Gasteiger partial charge in [-0.25, -0.2) is 9.59 Å². The molecule has 0 aliphatic carbocycles.